The number of nitrogens with one attached hydrogen (secondary N) is 1. The Bertz CT molecular complexity index is 1120. The van der Waals surface area contributed by atoms with Crippen LogP contribution in [0.1, 0.15) is 63.5 Å². The van der Waals surface area contributed by atoms with Crippen molar-refractivity contribution in [2.24, 2.45) is 17.6 Å². The normalized spacial score (nSPS) is 20.9. The zero-order valence-electron chi connectivity index (χ0n) is 21.8. The number of halogens is 2. The van der Waals surface area contributed by atoms with Crippen molar-refractivity contribution in [3.05, 3.63) is 53.7 Å². The number of aromatic nitrogens is 1. The maximum Gasteiger partial charge on any atom is 0.238 e. The Morgan fingerprint density at radius 3 is 2.43 bits per heavy atom. The van der Waals surface area contributed by atoms with Crippen LogP contribution in [-0.4, -0.2) is 47.9 Å². The zero-order chi connectivity index (χ0) is 26.7. The number of likely N-dealkylation sites (N-methyl/N-ethyl adjacent to an activating group) is 1. The molecule has 0 radical (unpaired) electrons. The van der Waals surface area contributed by atoms with Crippen LogP contribution >= 0.6 is 0 Å². The maximum atomic E-state index is 15.2. The van der Waals surface area contributed by atoms with Crippen LogP contribution in [0.5, 0.6) is 0 Å². The van der Waals surface area contributed by atoms with E-state index in [1.165, 1.54) is 18.3 Å². The lowest BCUT2D eigenvalue weighted by atomic mass is 9.69. The van der Waals surface area contributed by atoms with E-state index in [-0.39, 0.29) is 17.6 Å². The van der Waals surface area contributed by atoms with Gasteiger partial charge in [-0.15, -0.1) is 0 Å². The predicted octanol–water partition coefficient (Wildman–Crippen LogP) is 4.45. The van der Waals surface area contributed by atoms with Crippen molar-refractivity contribution in [2.45, 2.75) is 63.5 Å². The first kappa shape index (κ1) is 27.0. The summed E-state index contributed by atoms with van der Waals surface area (Å²) < 4.78 is 28.6. The molecule has 1 unspecified atom stereocenters. The third kappa shape index (κ3) is 5.32. The molecule has 0 spiro atoms. The van der Waals surface area contributed by atoms with Gasteiger partial charge in [0.05, 0.1) is 18.2 Å². The summed E-state index contributed by atoms with van der Waals surface area (Å²) in [5, 5.41) is 3.05. The number of hydrogen-bond donors (Lipinski definition) is 2. The molecule has 2 aliphatic rings. The molecule has 1 aliphatic carbocycles. The van der Waals surface area contributed by atoms with Gasteiger partial charge < -0.3 is 20.9 Å². The van der Waals surface area contributed by atoms with Crippen LogP contribution in [0.3, 0.4) is 0 Å². The van der Waals surface area contributed by atoms with Gasteiger partial charge >= 0.3 is 0 Å². The number of rotatable bonds is 8. The predicted molar refractivity (Wildman–Crippen MR) is 139 cm³/mol. The van der Waals surface area contributed by atoms with Gasteiger partial charge in [0.25, 0.3) is 0 Å². The lowest BCUT2D eigenvalue weighted by Gasteiger charge is -2.43. The molecule has 1 aliphatic heterocycles. The van der Waals surface area contributed by atoms with E-state index in [9.17, 15) is 14.0 Å². The first-order valence-electron chi connectivity index (χ1n) is 13.1. The number of hydrogen-bond acceptors (Lipinski definition) is 5. The Kier molecular flexibility index (Phi) is 8.11. The van der Waals surface area contributed by atoms with Gasteiger partial charge in [0.15, 0.2) is 0 Å². The Hall–Kier alpha value is -3.07. The molecule has 9 heteroatoms. The van der Waals surface area contributed by atoms with Crippen molar-refractivity contribution in [1.82, 2.24) is 15.2 Å². The summed E-state index contributed by atoms with van der Waals surface area (Å²) in [6, 6.07) is 7.16. The van der Waals surface area contributed by atoms with Crippen LogP contribution in [-0.2, 0) is 9.59 Å². The number of benzene rings is 1. The zero-order valence-corrected chi connectivity index (χ0v) is 21.8. The molecule has 2 amide bonds. The van der Waals surface area contributed by atoms with Crippen molar-refractivity contribution in [2.75, 3.05) is 25.5 Å². The summed E-state index contributed by atoms with van der Waals surface area (Å²) in [6.45, 7) is 2.19. The second-order valence-electron chi connectivity index (χ2n) is 10.5. The van der Waals surface area contributed by atoms with Crippen molar-refractivity contribution in [1.29, 1.82) is 0 Å². The Labute approximate surface area is 217 Å². The quantitative estimate of drug-likeness (QED) is 0.544. The Morgan fingerprint density at radius 1 is 1.14 bits per heavy atom. The molecule has 1 saturated carbocycles. The van der Waals surface area contributed by atoms with Crippen LogP contribution in [0.4, 0.5) is 20.3 Å². The standard InChI is InChI=1S/C28H37F2N5O2/c1-28(32-2,27(31)37)25(18-8-5-4-6-9-18)26(36)35-15-7-10-23(35)21-16-24(33-17-22(21)30)34(3)20-13-11-19(29)12-14-20/h11-14,16-18,23,25,32H,4-10,15H2,1-3H3,(H2,31,37)/t23-,25+,28?/m0/s1. The van der Waals surface area contributed by atoms with E-state index >= 15 is 4.39 Å². The number of likely N-dealkylation sites (tertiary alicyclic amines) is 1. The van der Waals surface area contributed by atoms with Gasteiger partial charge in [-0.25, -0.2) is 13.8 Å². The highest BCUT2D eigenvalue weighted by Gasteiger charge is 2.50. The van der Waals surface area contributed by atoms with Gasteiger partial charge in [-0.3, -0.25) is 9.59 Å². The third-order valence-electron chi connectivity index (χ3n) is 8.36. The van der Waals surface area contributed by atoms with Crippen molar-refractivity contribution < 1.29 is 18.4 Å². The maximum absolute atomic E-state index is 15.2. The second-order valence-corrected chi connectivity index (χ2v) is 10.5. The first-order valence-corrected chi connectivity index (χ1v) is 13.1. The number of anilines is 2. The van der Waals surface area contributed by atoms with Crippen molar-refractivity contribution in [3.63, 3.8) is 0 Å². The number of carbonyl (C=O) groups excluding carboxylic acids is 2. The van der Waals surface area contributed by atoms with Crippen LogP contribution in [0.15, 0.2) is 36.5 Å². The SMILES string of the molecule is CNC(C)(C(N)=O)[C@@H](C(=O)N1CCC[C@H]1c1cc(N(C)c2ccc(F)cc2)ncc1F)C1CCCCC1. The summed E-state index contributed by atoms with van der Waals surface area (Å²) >= 11 is 0. The summed E-state index contributed by atoms with van der Waals surface area (Å²) in [7, 11) is 3.44. The minimum Gasteiger partial charge on any atom is -0.368 e. The molecule has 4 rings (SSSR count). The van der Waals surface area contributed by atoms with E-state index in [1.54, 1.807) is 49.0 Å². The molecule has 3 atom stereocenters. The molecule has 0 bridgehead atoms. The minimum atomic E-state index is -1.21. The topological polar surface area (TPSA) is 91.6 Å². The van der Waals surface area contributed by atoms with Crippen molar-refractivity contribution in [3.8, 4) is 0 Å². The van der Waals surface area contributed by atoms with Gasteiger partial charge in [-0.05, 0) is 75.9 Å². The molecular formula is C28H37F2N5O2. The van der Waals surface area contributed by atoms with E-state index in [0.29, 0.717) is 30.0 Å². The van der Waals surface area contributed by atoms with E-state index in [1.807, 2.05) is 0 Å². The third-order valence-corrected chi connectivity index (χ3v) is 8.36. The minimum absolute atomic E-state index is 0.0231. The molecule has 2 fully saturated rings. The van der Waals surface area contributed by atoms with Crippen LogP contribution < -0.4 is 16.0 Å². The van der Waals surface area contributed by atoms with Gasteiger partial charge in [0, 0.05) is 24.8 Å². The lowest BCUT2D eigenvalue weighted by Crippen LogP contribution is -2.63. The van der Waals surface area contributed by atoms with Crippen molar-refractivity contribution >= 4 is 23.3 Å². The molecule has 2 aromatic rings. The average molecular weight is 514 g/mol. The number of primary amides is 1. The number of nitrogens with two attached hydrogens (primary N) is 1. The summed E-state index contributed by atoms with van der Waals surface area (Å²) in [4.78, 5) is 34.6. The Morgan fingerprint density at radius 2 is 1.81 bits per heavy atom. The van der Waals surface area contributed by atoms with Gasteiger partial charge in [-0.2, -0.15) is 0 Å². The molecule has 2 heterocycles. The van der Waals surface area contributed by atoms with E-state index in [2.05, 4.69) is 10.3 Å². The molecule has 1 aromatic heterocycles. The fourth-order valence-electron chi connectivity index (χ4n) is 6.03. The molecule has 7 nitrogen and oxygen atoms in total. The first-order chi connectivity index (χ1) is 17.7. The highest BCUT2D eigenvalue weighted by Crippen LogP contribution is 2.42. The fourth-order valence-corrected chi connectivity index (χ4v) is 6.03. The Balaban J connectivity index is 1.67. The second kappa shape index (κ2) is 11.1. The van der Waals surface area contributed by atoms with E-state index < -0.39 is 29.2 Å². The van der Waals surface area contributed by atoms with Gasteiger partial charge in [-0.1, -0.05) is 19.3 Å². The highest BCUT2D eigenvalue weighted by atomic mass is 19.1. The summed E-state index contributed by atoms with van der Waals surface area (Å²) in [6.07, 6.45) is 7.35. The summed E-state index contributed by atoms with van der Waals surface area (Å²) in [5.41, 5.74) is 5.72. The molecule has 200 valence electrons. The smallest absolute Gasteiger partial charge is 0.238 e. The molecule has 1 aromatic carbocycles. The van der Waals surface area contributed by atoms with Gasteiger partial charge in [0.2, 0.25) is 11.8 Å². The molecular weight excluding hydrogens is 476 g/mol. The largest absolute Gasteiger partial charge is 0.368 e. The van der Waals surface area contributed by atoms with E-state index in [4.69, 9.17) is 5.73 Å². The van der Waals surface area contributed by atoms with Gasteiger partial charge in [0.1, 0.15) is 23.0 Å². The fraction of sp³-hybridized carbons (Fsp3) is 0.536. The highest BCUT2D eigenvalue weighted by molar-refractivity contribution is 5.93. The number of carbonyl (C=O) groups is 2. The monoisotopic (exact) mass is 513 g/mol. The molecule has 1 saturated heterocycles. The van der Waals surface area contributed by atoms with E-state index in [0.717, 1.165) is 38.5 Å². The average Bonchev–Trinajstić information content (AvgIpc) is 3.39. The van der Waals surface area contributed by atoms with Crippen LogP contribution in [0.2, 0.25) is 0 Å². The molecule has 3 N–H and O–H groups in total. The van der Waals surface area contributed by atoms with Crippen LogP contribution in [0.25, 0.3) is 0 Å². The lowest BCUT2D eigenvalue weighted by molar-refractivity contribution is -0.147. The number of nitrogens with zero attached hydrogens (tertiary/aromatic N) is 3. The summed E-state index contributed by atoms with van der Waals surface area (Å²) in [5.74, 6) is -1.67. The number of amides is 2. The van der Waals surface area contributed by atoms with Crippen LogP contribution in [0, 0.1) is 23.5 Å². The number of pyridine rings is 1. The molecule has 37 heavy (non-hydrogen) atoms.